The first-order chi connectivity index (χ1) is 13.9. The van der Waals surface area contributed by atoms with Crippen molar-refractivity contribution in [2.75, 3.05) is 0 Å². The molecule has 0 aliphatic carbocycles. The zero-order chi connectivity index (χ0) is 20.8. The number of nitrogens with zero attached hydrogens (tertiary/aromatic N) is 3. The Morgan fingerprint density at radius 1 is 1.24 bits per heavy atom. The average molecular weight is 476 g/mol. The van der Waals surface area contributed by atoms with Crippen LogP contribution in [0.5, 0.6) is 5.75 Å². The summed E-state index contributed by atoms with van der Waals surface area (Å²) in [5.74, 6) is 0.472. The van der Waals surface area contributed by atoms with Gasteiger partial charge in [0.1, 0.15) is 18.9 Å². The Hall–Kier alpha value is -2.64. The maximum atomic E-state index is 12.0. The lowest BCUT2D eigenvalue weighted by atomic mass is 10.2. The number of amides is 1. The maximum Gasteiger partial charge on any atom is 0.261 e. The number of hydrogen-bond acceptors (Lipinski definition) is 4. The van der Waals surface area contributed by atoms with Crippen LogP contribution in [0.15, 0.2) is 58.1 Å². The number of ether oxygens (including phenoxy) is 1. The molecule has 0 radical (unpaired) electrons. The molecule has 150 valence electrons. The van der Waals surface area contributed by atoms with Gasteiger partial charge in [0, 0.05) is 10.6 Å². The summed E-state index contributed by atoms with van der Waals surface area (Å²) in [4.78, 5) is 12.0. The third-order valence-electron chi connectivity index (χ3n) is 4.22. The molecule has 0 saturated heterocycles. The summed E-state index contributed by atoms with van der Waals surface area (Å²) in [5, 5.41) is 8.98. The first-order valence-corrected chi connectivity index (χ1v) is 10.1. The molecule has 0 unspecified atom stereocenters. The highest BCUT2D eigenvalue weighted by atomic mass is 79.9. The summed E-state index contributed by atoms with van der Waals surface area (Å²) in [7, 11) is 0. The normalized spacial score (nSPS) is 11.0. The van der Waals surface area contributed by atoms with E-state index in [-0.39, 0.29) is 12.5 Å². The molecule has 2 aromatic carbocycles. The third-order valence-corrected chi connectivity index (χ3v) is 5.74. The van der Waals surface area contributed by atoms with Gasteiger partial charge in [0.05, 0.1) is 22.1 Å². The molecule has 1 amide bonds. The molecule has 3 aromatic rings. The van der Waals surface area contributed by atoms with Crippen LogP contribution in [0.4, 0.5) is 0 Å². The van der Waals surface area contributed by atoms with Crippen LogP contribution >= 0.6 is 27.5 Å². The lowest BCUT2D eigenvalue weighted by molar-refractivity contribution is -0.121. The van der Waals surface area contributed by atoms with Gasteiger partial charge in [-0.3, -0.25) is 9.48 Å². The van der Waals surface area contributed by atoms with Crippen LogP contribution in [0.1, 0.15) is 22.5 Å². The summed E-state index contributed by atoms with van der Waals surface area (Å²) in [6, 6.07) is 15.0. The van der Waals surface area contributed by atoms with Crippen LogP contribution in [0.3, 0.4) is 0 Å². The fourth-order valence-electron chi connectivity index (χ4n) is 2.61. The molecular weight excluding hydrogens is 456 g/mol. The highest BCUT2D eigenvalue weighted by Crippen LogP contribution is 2.20. The molecular formula is C21H20BrClN4O2. The van der Waals surface area contributed by atoms with E-state index in [2.05, 4.69) is 31.6 Å². The van der Waals surface area contributed by atoms with Gasteiger partial charge in [-0.2, -0.15) is 10.2 Å². The van der Waals surface area contributed by atoms with E-state index in [1.807, 2.05) is 62.4 Å². The number of hydrogen-bond donors (Lipinski definition) is 1. The molecule has 6 nitrogen and oxygen atoms in total. The van der Waals surface area contributed by atoms with E-state index in [0.29, 0.717) is 11.6 Å². The second-order valence-corrected chi connectivity index (χ2v) is 7.58. The zero-order valence-corrected chi connectivity index (χ0v) is 18.4. The van der Waals surface area contributed by atoms with Crippen molar-refractivity contribution >= 4 is 39.7 Å². The summed E-state index contributed by atoms with van der Waals surface area (Å²) < 4.78 is 8.29. The van der Waals surface area contributed by atoms with Crippen LogP contribution in [0.2, 0.25) is 5.02 Å². The number of hydrazone groups is 1. The van der Waals surface area contributed by atoms with E-state index in [0.717, 1.165) is 32.7 Å². The molecule has 1 heterocycles. The van der Waals surface area contributed by atoms with E-state index in [9.17, 15) is 4.79 Å². The number of rotatable bonds is 7. The number of halogens is 2. The molecule has 0 atom stereocenters. The molecule has 0 saturated carbocycles. The van der Waals surface area contributed by atoms with E-state index in [1.54, 1.807) is 10.9 Å². The first-order valence-electron chi connectivity index (χ1n) is 8.91. The second-order valence-electron chi connectivity index (χ2n) is 6.38. The number of carbonyl (C=O) groups is 1. The Balaban J connectivity index is 1.50. The minimum absolute atomic E-state index is 0.102. The Morgan fingerprint density at radius 2 is 1.97 bits per heavy atom. The van der Waals surface area contributed by atoms with Crippen molar-refractivity contribution in [2.24, 2.45) is 5.10 Å². The smallest absolute Gasteiger partial charge is 0.261 e. The monoisotopic (exact) mass is 474 g/mol. The lowest BCUT2D eigenvalue weighted by Gasteiger charge is -2.07. The number of aromatic nitrogens is 2. The largest absolute Gasteiger partial charge is 0.489 e. The van der Waals surface area contributed by atoms with Crippen LogP contribution < -0.4 is 10.2 Å². The van der Waals surface area contributed by atoms with Crippen molar-refractivity contribution in [2.45, 2.75) is 27.0 Å². The van der Waals surface area contributed by atoms with Gasteiger partial charge < -0.3 is 4.74 Å². The van der Waals surface area contributed by atoms with Crippen molar-refractivity contribution < 1.29 is 9.53 Å². The van der Waals surface area contributed by atoms with Crippen LogP contribution in [-0.2, 0) is 17.9 Å². The molecule has 1 aromatic heterocycles. The Kier molecular flexibility index (Phi) is 7.06. The summed E-state index contributed by atoms with van der Waals surface area (Å²) in [6.07, 6.45) is 1.58. The van der Waals surface area contributed by atoms with Gasteiger partial charge in [-0.1, -0.05) is 29.8 Å². The highest BCUT2D eigenvalue weighted by molar-refractivity contribution is 9.10. The molecule has 0 spiro atoms. The van der Waals surface area contributed by atoms with E-state index in [4.69, 9.17) is 16.3 Å². The summed E-state index contributed by atoms with van der Waals surface area (Å²) in [6.45, 7) is 4.28. The van der Waals surface area contributed by atoms with Gasteiger partial charge in [0.15, 0.2) is 0 Å². The van der Waals surface area contributed by atoms with E-state index < -0.39 is 0 Å². The Bertz CT molecular complexity index is 1030. The summed E-state index contributed by atoms with van der Waals surface area (Å²) in [5.41, 5.74) is 6.02. The van der Waals surface area contributed by atoms with Crippen LogP contribution in [0, 0.1) is 13.8 Å². The van der Waals surface area contributed by atoms with Crippen molar-refractivity contribution in [3.8, 4) is 5.75 Å². The first kappa shape index (κ1) is 21.1. The Labute approximate surface area is 182 Å². The van der Waals surface area contributed by atoms with E-state index in [1.165, 1.54) is 0 Å². The third kappa shape index (κ3) is 5.68. The molecule has 1 N–H and O–H groups in total. The van der Waals surface area contributed by atoms with Crippen LogP contribution in [0.25, 0.3) is 0 Å². The highest BCUT2D eigenvalue weighted by Gasteiger charge is 2.11. The van der Waals surface area contributed by atoms with Crippen molar-refractivity contribution in [3.63, 3.8) is 0 Å². The fourth-order valence-corrected chi connectivity index (χ4v) is 3.08. The van der Waals surface area contributed by atoms with E-state index >= 15 is 0 Å². The van der Waals surface area contributed by atoms with Crippen LogP contribution in [-0.4, -0.2) is 21.9 Å². The SMILES string of the molecule is Cc1nn(CC(=O)N/N=C/c2ccc(OCc3ccccc3Cl)cc2)c(C)c1Br. The van der Waals surface area contributed by atoms with Gasteiger partial charge in [-0.25, -0.2) is 5.43 Å². The second kappa shape index (κ2) is 9.71. The fraction of sp³-hybridized carbons (Fsp3) is 0.190. The number of benzene rings is 2. The average Bonchev–Trinajstić information content (AvgIpc) is 2.95. The lowest BCUT2D eigenvalue weighted by Crippen LogP contribution is -2.24. The zero-order valence-electron chi connectivity index (χ0n) is 16.0. The predicted octanol–water partition coefficient (Wildman–Crippen LogP) is 4.65. The molecule has 3 rings (SSSR count). The standard InChI is InChI=1S/C21H20BrClN4O2/c1-14-21(22)15(2)27(26-14)12-20(28)25-24-11-16-7-9-18(10-8-16)29-13-17-5-3-4-6-19(17)23/h3-11H,12-13H2,1-2H3,(H,25,28)/b24-11+. The molecule has 0 aliphatic rings. The van der Waals surface area contributed by atoms with Crippen molar-refractivity contribution in [1.29, 1.82) is 0 Å². The quantitative estimate of drug-likeness (QED) is 0.400. The topological polar surface area (TPSA) is 68.5 Å². The molecule has 8 heteroatoms. The predicted molar refractivity (Wildman–Crippen MR) is 117 cm³/mol. The van der Waals surface area contributed by atoms with Gasteiger partial charge in [0.2, 0.25) is 0 Å². The van der Waals surface area contributed by atoms with Gasteiger partial charge >= 0.3 is 0 Å². The number of nitrogens with one attached hydrogen (secondary N) is 1. The summed E-state index contributed by atoms with van der Waals surface area (Å²) >= 11 is 9.57. The number of carbonyl (C=O) groups excluding carboxylic acids is 1. The van der Waals surface area contributed by atoms with Gasteiger partial charge in [-0.05, 0) is 65.7 Å². The maximum absolute atomic E-state index is 12.0. The minimum atomic E-state index is -0.251. The molecule has 0 aliphatic heterocycles. The van der Waals surface area contributed by atoms with Gasteiger partial charge in [0.25, 0.3) is 5.91 Å². The van der Waals surface area contributed by atoms with Crippen molar-refractivity contribution in [3.05, 3.63) is 80.5 Å². The molecule has 29 heavy (non-hydrogen) atoms. The van der Waals surface area contributed by atoms with Crippen molar-refractivity contribution in [1.82, 2.24) is 15.2 Å². The number of aryl methyl sites for hydroxylation is 1. The molecule has 0 bridgehead atoms. The Morgan fingerprint density at radius 3 is 2.62 bits per heavy atom. The minimum Gasteiger partial charge on any atom is -0.489 e. The molecule has 0 fully saturated rings. The van der Waals surface area contributed by atoms with Gasteiger partial charge in [-0.15, -0.1) is 0 Å².